The topological polar surface area (TPSA) is 114 Å². The highest BCUT2D eigenvalue weighted by molar-refractivity contribution is 8.01. The molecule has 2 aromatic rings. The molecule has 4 rings (SSSR count). The number of methoxy groups -OCH3 is 1. The van der Waals surface area contributed by atoms with Gasteiger partial charge in [0.15, 0.2) is 0 Å². The van der Waals surface area contributed by atoms with Crippen LogP contribution in [0.3, 0.4) is 0 Å². The van der Waals surface area contributed by atoms with Crippen LogP contribution in [0, 0.1) is 21.7 Å². The van der Waals surface area contributed by atoms with Gasteiger partial charge in [0.05, 0.1) is 17.4 Å². The standard InChI is InChI=1S/C34H45N3O6S2/c1-22(19-24-15-16-33(2,3)34(24,4)5)43-32(40)27-9-7-17-37(27)31(39)26(21-45-30-10-8-18-44-30)35-29(38)14-12-23-11-13-25(36-41)28(20-23)42-6/h8,10-14,18,20,22,24,26-27H,7,9,15-17,19,21H2,1-6H3,(H,35,38)/b14-12+. The van der Waals surface area contributed by atoms with Crippen molar-refractivity contribution in [1.29, 1.82) is 0 Å². The number of benzene rings is 1. The van der Waals surface area contributed by atoms with E-state index in [4.69, 9.17) is 9.47 Å². The fourth-order valence-corrected chi connectivity index (χ4v) is 8.16. The van der Waals surface area contributed by atoms with Crippen LogP contribution in [0.4, 0.5) is 5.69 Å². The average Bonchev–Trinajstić information content (AvgIpc) is 3.75. The minimum atomic E-state index is -0.849. The van der Waals surface area contributed by atoms with Gasteiger partial charge in [0.1, 0.15) is 23.5 Å². The Balaban J connectivity index is 1.42. The monoisotopic (exact) mass is 655 g/mol. The molecule has 1 aliphatic carbocycles. The summed E-state index contributed by atoms with van der Waals surface area (Å²) in [6.07, 6.45) is 6.94. The number of likely N-dealkylation sites (tertiary alicyclic amines) is 1. The Hall–Kier alpha value is -3.18. The smallest absolute Gasteiger partial charge is 0.329 e. The lowest BCUT2D eigenvalue weighted by molar-refractivity contribution is -0.158. The van der Waals surface area contributed by atoms with Crippen molar-refractivity contribution < 1.29 is 23.9 Å². The number of amides is 2. The molecule has 2 heterocycles. The van der Waals surface area contributed by atoms with Crippen molar-refractivity contribution in [2.24, 2.45) is 21.9 Å². The predicted molar refractivity (Wildman–Crippen MR) is 180 cm³/mol. The van der Waals surface area contributed by atoms with Gasteiger partial charge in [-0.3, -0.25) is 9.59 Å². The Bertz CT molecular complexity index is 1390. The Labute approximate surface area is 274 Å². The second-order valence-corrected chi connectivity index (χ2v) is 15.4. The van der Waals surface area contributed by atoms with Gasteiger partial charge in [-0.25, -0.2) is 4.79 Å². The van der Waals surface area contributed by atoms with Crippen molar-refractivity contribution in [2.45, 2.75) is 89.1 Å². The van der Waals surface area contributed by atoms with Gasteiger partial charge >= 0.3 is 5.97 Å². The highest BCUT2D eigenvalue weighted by atomic mass is 32.2. The first-order valence-corrected chi connectivity index (χ1v) is 17.4. The van der Waals surface area contributed by atoms with Gasteiger partial charge in [0.2, 0.25) is 11.8 Å². The number of rotatable bonds is 13. The molecule has 0 spiro atoms. The minimum Gasteiger partial charge on any atom is -0.494 e. The fraction of sp³-hybridized carbons (Fsp3) is 0.559. The Morgan fingerprint density at radius 1 is 1.20 bits per heavy atom. The van der Waals surface area contributed by atoms with Gasteiger partial charge in [-0.1, -0.05) is 39.8 Å². The summed E-state index contributed by atoms with van der Waals surface area (Å²) >= 11 is 3.05. The van der Waals surface area contributed by atoms with Crippen molar-refractivity contribution >= 4 is 52.6 Å². The van der Waals surface area contributed by atoms with E-state index in [0.717, 1.165) is 23.5 Å². The summed E-state index contributed by atoms with van der Waals surface area (Å²) in [6, 6.07) is 7.14. The molecule has 1 saturated carbocycles. The number of carbonyl (C=O) groups excluding carboxylic acids is 3. The van der Waals surface area contributed by atoms with E-state index in [1.807, 2.05) is 24.4 Å². The zero-order valence-electron chi connectivity index (χ0n) is 27.0. The van der Waals surface area contributed by atoms with E-state index in [0.29, 0.717) is 42.4 Å². The van der Waals surface area contributed by atoms with Crippen molar-refractivity contribution in [3.8, 4) is 5.75 Å². The molecule has 1 aliphatic heterocycles. The van der Waals surface area contributed by atoms with Crippen molar-refractivity contribution in [2.75, 3.05) is 19.4 Å². The van der Waals surface area contributed by atoms with Crippen LogP contribution in [0.2, 0.25) is 0 Å². The molecular formula is C34H45N3O6S2. The molecule has 1 saturated heterocycles. The molecule has 1 aromatic heterocycles. The van der Waals surface area contributed by atoms with Crippen LogP contribution in [-0.2, 0) is 19.1 Å². The van der Waals surface area contributed by atoms with Crippen LogP contribution in [0.25, 0.3) is 6.08 Å². The Kier molecular flexibility index (Phi) is 11.5. The molecule has 2 aliphatic rings. The van der Waals surface area contributed by atoms with E-state index < -0.39 is 18.0 Å². The van der Waals surface area contributed by atoms with E-state index in [2.05, 4.69) is 38.2 Å². The zero-order chi connectivity index (χ0) is 32.8. The number of thioether (sulfide) groups is 1. The second-order valence-electron chi connectivity index (χ2n) is 13.2. The maximum absolute atomic E-state index is 13.9. The molecular weight excluding hydrogens is 611 g/mol. The zero-order valence-corrected chi connectivity index (χ0v) is 28.7. The van der Waals surface area contributed by atoms with Gasteiger partial charge in [0.25, 0.3) is 0 Å². The molecule has 1 aromatic carbocycles. The molecule has 4 unspecified atom stereocenters. The fourth-order valence-electron chi connectivity index (χ4n) is 6.34. The molecule has 11 heteroatoms. The van der Waals surface area contributed by atoms with Gasteiger partial charge in [0, 0.05) is 18.4 Å². The number of nitroso groups, excluding NO2 is 1. The first-order chi connectivity index (χ1) is 21.4. The maximum atomic E-state index is 13.9. The highest BCUT2D eigenvalue weighted by Gasteiger charge is 2.49. The largest absolute Gasteiger partial charge is 0.494 e. The predicted octanol–water partition coefficient (Wildman–Crippen LogP) is 7.22. The van der Waals surface area contributed by atoms with Crippen LogP contribution < -0.4 is 10.1 Å². The molecule has 45 heavy (non-hydrogen) atoms. The van der Waals surface area contributed by atoms with E-state index in [9.17, 15) is 19.3 Å². The number of nitrogens with zero attached hydrogens (tertiary/aromatic N) is 2. The van der Waals surface area contributed by atoms with Crippen LogP contribution in [-0.4, -0.2) is 60.3 Å². The molecule has 9 nitrogen and oxygen atoms in total. The van der Waals surface area contributed by atoms with E-state index in [1.54, 1.807) is 34.4 Å². The summed E-state index contributed by atoms with van der Waals surface area (Å²) in [5, 5.41) is 7.75. The number of ether oxygens (including phenoxy) is 2. The molecule has 2 amide bonds. The van der Waals surface area contributed by atoms with Gasteiger partial charge in [-0.05, 0) is 96.2 Å². The minimum absolute atomic E-state index is 0.144. The molecule has 244 valence electrons. The lowest BCUT2D eigenvalue weighted by atomic mass is 9.66. The lowest BCUT2D eigenvalue weighted by Crippen LogP contribution is -2.53. The number of hydrogen-bond acceptors (Lipinski definition) is 9. The quantitative estimate of drug-likeness (QED) is 0.105. The van der Waals surface area contributed by atoms with Crippen molar-refractivity contribution in [3.05, 3.63) is 52.3 Å². The van der Waals surface area contributed by atoms with Crippen molar-refractivity contribution in [3.63, 3.8) is 0 Å². The van der Waals surface area contributed by atoms with Gasteiger partial charge < -0.3 is 19.7 Å². The number of esters is 1. The molecule has 0 bridgehead atoms. The van der Waals surface area contributed by atoms with Gasteiger partial charge in [-0.15, -0.1) is 28.0 Å². The Morgan fingerprint density at radius 3 is 2.62 bits per heavy atom. The van der Waals surface area contributed by atoms with E-state index in [-0.39, 0.29) is 34.5 Å². The maximum Gasteiger partial charge on any atom is 0.329 e. The molecule has 1 N–H and O–H groups in total. The van der Waals surface area contributed by atoms with Crippen LogP contribution >= 0.6 is 23.1 Å². The number of hydrogen-bond donors (Lipinski definition) is 1. The summed E-state index contributed by atoms with van der Waals surface area (Å²) in [4.78, 5) is 52.9. The van der Waals surface area contributed by atoms with Crippen LogP contribution in [0.1, 0.15) is 72.3 Å². The third kappa shape index (κ3) is 8.35. The third-order valence-electron chi connectivity index (χ3n) is 9.86. The lowest BCUT2D eigenvalue weighted by Gasteiger charge is -2.40. The normalized spacial score (nSPS) is 21.8. The summed E-state index contributed by atoms with van der Waals surface area (Å²) in [5.41, 5.74) is 1.17. The number of nitrogens with one attached hydrogen (secondary N) is 1. The highest BCUT2D eigenvalue weighted by Crippen LogP contribution is 2.57. The molecule has 4 atom stereocenters. The van der Waals surface area contributed by atoms with E-state index >= 15 is 0 Å². The third-order valence-corrected chi connectivity index (χ3v) is 12.1. The molecule has 2 fully saturated rings. The van der Waals surface area contributed by atoms with Gasteiger partial charge in [-0.2, -0.15) is 0 Å². The average molecular weight is 656 g/mol. The molecule has 0 radical (unpaired) electrons. The van der Waals surface area contributed by atoms with Crippen LogP contribution in [0.5, 0.6) is 5.75 Å². The summed E-state index contributed by atoms with van der Waals surface area (Å²) < 4.78 is 12.2. The first kappa shape index (κ1) is 34.7. The Morgan fingerprint density at radius 2 is 1.98 bits per heavy atom. The van der Waals surface area contributed by atoms with Crippen LogP contribution in [0.15, 0.2) is 51.2 Å². The summed E-state index contributed by atoms with van der Waals surface area (Å²) in [7, 11) is 1.44. The number of thiophene rings is 1. The second kappa shape index (κ2) is 14.9. The summed E-state index contributed by atoms with van der Waals surface area (Å²) in [5.74, 6) is -0.0561. The summed E-state index contributed by atoms with van der Waals surface area (Å²) in [6.45, 7) is 11.6. The van der Waals surface area contributed by atoms with Crippen molar-refractivity contribution in [1.82, 2.24) is 10.2 Å². The SMILES string of the molecule is COc1cc(/C=C/C(=O)NC(CSc2cccs2)C(=O)N2CCCC2C(=O)OC(C)CC2CCC(C)(C)C2(C)C)ccc1N=O. The van der Waals surface area contributed by atoms with E-state index in [1.165, 1.54) is 31.0 Å². The first-order valence-electron chi connectivity index (χ1n) is 15.5. The number of carbonyl (C=O) groups is 3.